The molecule has 40 nitrogen and oxygen atoms in total. The van der Waals surface area contributed by atoms with Crippen LogP contribution in [0.3, 0.4) is 0 Å². The number of para-hydroxylation sites is 1. The number of nitrogens with one attached hydrogen (secondary N) is 10. The van der Waals surface area contributed by atoms with Gasteiger partial charge in [0.2, 0.25) is 94.5 Å². The van der Waals surface area contributed by atoms with Gasteiger partial charge in [-0.2, -0.15) is 0 Å². The number of aromatic nitrogens is 1. The van der Waals surface area contributed by atoms with Crippen molar-refractivity contribution < 1.29 is 121 Å². The van der Waals surface area contributed by atoms with Crippen LogP contribution in [-0.2, 0) is 118 Å². The number of aromatic amines is 1. The minimum absolute atomic E-state index is 0.0688. The highest BCUT2D eigenvalue weighted by atomic mass is 32.2. The van der Waals surface area contributed by atoms with Crippen molar-refractivity contribution in [3.05, 3.63) is 173 Å². The summed E-state index contributed by atoms with van der Waals surface area (Å²) < 4.78 is 29.8. The summed E-state index contributed by atoms with van der Waals surface area (Å²) >= 11 is 0.609. The number of unbranched alkanes of at least 4 members (excludes halogenated alkanes) is 1. The van der Waals surface area contributed by atoms with Gasteiger partial charge in [0.1, 0.15) is 84.3 Å². The molecule has 15 atom stereocenters. The van der Waals surface area contributed by atoms with Gasteiger partial charge in [0.15, 0.2) is 11.6 Å². The molecule has 3 aliphatic heterocycles. The number of carbonyl (C=O) groups is 18. The van der Waals surface area contributed by atoms with E-state index in [-0.39, 0.29) is 42.6 Å². The summed E-state index contributed by atoms with van der Waals surface area (Å²) in [5.74, 6) is -26.3. The second-order valence-corrected chi connectivity index (χ2v) is 34.7. The lowest BCUT2D eigenvalue weighted by atomic mass is 9.98. The number of rotatable bonds is 24. The Morgan fingerprint density at radius 1 is 0.493 bits per heavy atom. The van der Waals surface area contributed by atoms with Crippen LogP contribution in [0.5, 0.6) is 5.75 Å². The Hall–Kier alpha value is -14.0. The number of aliphatic hydroxyl groups excluding tert-OH is 2. The van der Waals surface area contributed by atoms with Crippen LogP contribution in [0.4, 0.5) is 8.78 Å². The third kappa shape index (κ3) is 28.8. The molecule has 0 bridgehead atoms. The Morgan fingerprint density at radius 2 is 1.01 bits per heavy atom. The molecule has 134 heavy (non-hydrogen) atoms. The van der Waals surface area contributed by atoms with E-state index in [0.717, 1.165) is 49.7 Å². The van der Waals surface area contributed by atoms with Gasteiger partial charge < -0.3 is 114 Å². The molecule has 0 spiro atoms. The number of fused-ring (bicyclic) bond motifs is 3. The SMILES string of the molecule is CCCC[C@H]1C(=O)N2C[C@H](O)C[C@@H]2C(=O)N[C@@H](CC(=O)O)C(=O)N[C@@H](C(C)C)C(=O)N(C)[C@H](Cc2ccccc2)C(=O)N[C@@H](CC(N)=O)C(=O)N2C[C@H](O)C[C@@H]2C(=O)N[C@@H](Cc2c[nH]c3ccccc23)C(=O)N[C@@H](Cc2ccc(O)cc2)C(=O)N[C@H](CCC(=O)O)C(=O)N[C@H](C(=O)NCC(N)=O)CSCC(=O)N[C@H](Cc2ccc(F)c(F)c2)C(=O)N(C)[C@@H](Cc2ccccc2)C(=O)N1C. The number of primary amides is 2. The highest BCUT2D eigenvalue weighted by Crippen LogP contribution is 2.29. The molecule has 6 aromatic rings. The van der Waals surface area contributed by atoms with Gasteiger partial charge in [0, 0.05) is 108 Å². The van der Waals surface area contributed by atoms with Crippen LogP contribution < -0.4 is 59.3 Å². The average molecular weight is 1880 g/mol. The average Bonchev–Trinajstić information content (AvgIpc) is 1.59. The van der Waals surface area contributed by atoms with E-state index in [1.807, 2.05) is 0 Å². The van der Waals surface area contributed by atoms with Gasteiger partial charge in [-0.05, 0) is 76.9 Å². The maximum Gasteiger partial charge on any atom is 0.305 e. The number of aliphatic hydroxyl groups is 2. The van der Waals surface area contributed by atoms with Gasteiger partial charge in [-0.1, -0.05) is 131 Å². The number of thioether (sulfide) groups is 1. The summed E-state index contributed by atoms with van der Waals surface area (Å²) in [4.78, 5) is 270. The van der Waals surface area contributed by atoms with E-state index in [2.05, 4.69) is 52.8 Å². The molecule has 5 aromatic carbocycles. The number of nitrogens with zero attached hydrogens (tertiary/aromatic N) is 5. The predicted octanol–water partition coefficient (Wildman–Crippen LogP) is -1.64. The molecule has 0 aliphatic carbocycles. The van der Waals surface area contributed by atoms with Gasteiger partial charge >= 0.3 is 11.9 Å². The number of amides is 16. The fourth-order valence-corrected chi connectivity index (χ4v) is 17.0. The number of phenols is 1. The first-order valence-corrected chi connectivity index (χ1v) is 44.6. The Balaban J connectivity index is 1.14. The number of phenolic OH excluding ortho intramolecular Hbond substituents is 1. The van der Waals surface area contributed by atoms with E-state index in [0.29, 0.717) is 45.8 Å². The van der Waals surface area contributed by atoms with Crippen molar-refractivity contribution >= 4 is 129 Å². The first-order chi connectivity index (χ1) is 63.6. The Bertz CT molecular complexity index is 5290. The summed E-state index contributed by atoms with van der Waals surface area (Å²) in [5.41, 5.74) is 13.1. The molecule has 43 heteroatoms. The smallest absolute Gasteiger partial charge is 0.305 e. The topological polar surface area (TPSA) is 601 Å². The molecule has 4 heterocycles. The molecule has 9 rings (SSSR count). The summed E-state index contributed by atoms with van der Waals surface area (Å²) in [6.07, 6.45) is -8.00. The number of carboxylic acid groups (broad SMARTS) is 2. The molecule has 3 fully saturated rings. The van der Waals surface area contributed by atoms with Crippen LogP contribution >= 0.6 is 11.8 Å². The van der Waals surface area contributed by atoms with Crippen LogP contribution in [0, 0.1) is 17.6 Å². The summed E-state index contributed by atoms with van der Waals surface area (Å²) in [5, 5.41) is 76.5. The van der Waals surface area contributed by atoms with Crippen molar-refractivity contribution in [1.82, 2.24) is 77.3 Å². The van der Waals surface area contributed by atoms with Gasteiger partial charge in [-0.15, -0.1) is 11.8 Å². The van der Waals surface area contributed by atoms with Crippen molar-refractivity contribution in [2.24, 2.45) is 17.4 Å². The summed E-state index contributed by atoms with van der Waals surface area (Å²) in [7, 11) is 3.59. The fourth-order valence-electron chi connectivity index (χ4n) is 16.1. The first-order valence-electron chi connectivity index (χ1n) is 43.5. The van der Waals surface area contributed by atoms with Gasteiger partial charge in [-0.25, -0.2) is 8.78 Å². The van der Waals surface area contributed by atoms with Crippen LogP contribution in [0.2, 0.25) is 0 Å². The molecule has 1 aromatic heterocycles. The molecule has 3 saturated heterocycles. The van der Waals surface area contributed by atoms with Gasteiger partial charge in [0.25, 0.3) is 0 Å². The number of aliphatic carboxylic acids is 2. The van der Waals surface area contributed by atoms with Crippen molar-refractivity contribution in [3.63, 3.8) is 0 Å². The number of likely N-dealkylation sites (N-methyl/N-ethyl adjacent to an activating group) is 3. The number of H-pyrrole nitrogens is 1. The summed E-state index contributed by atoms with van der Waals surface area (Å²) in [6.45, 7) is 2.65. The molecular formula is C91H113F2N17O23S. The molecular weight excluding hydrogens is 1770 g/mol. The zero-order valence-electron chi connectivity index (χ0n) is 74.5. The molecule has 720 valence electrons. The maximum atomic E-state index is 15.7. The predicted molar refractivity (Wildman–Crippen MR) is 478 cm³/mol. The normalized spacial score (nSPS) is 24.5. The highest BCUT2D eigenvalue weighted by molar-refractivity contribution is 8.00. The lowest BCUT2D eigenvalue weighted by molar-refractivity contribution is -0.152. The largest absolute Gasteiger partial charge is 0.508 e. The van der Waals surface area contributed by atoms with E-state index in [1.54, 1.807) is 91.9 Å². The van der Waals surface area contributed by atoms with E-state index in [4.69, 9.17) is 11.5 Å². The van der Waals surface area contributed by atoms with Crippen molar-refractivity contribution in [2.45, 2.75) is 201 Å². The third-order valence-electron chi connectivity index (χ3n) is 23.4. The van der Waals surface area contributed by atoms with E-state index in [9.17, 15) is 73.1 Å². The number of hydrogen-bond acceptors (Lipinski definition) is 22. The van der Waals surface area contributed by atoms with Crippen LogP contribution in [-0.4, -0.2) is 305 Å². The van der Waals surface area contributed by atoms with E-state index < -0.39 is 304 Å². The quantitative estimate of drug-likeness (QED) is 0.0323. The van der Waals surface area contributed by atoms with E-state index >= 15 is 47.5 Å². The lowest BCUT2D eigenvalue weighted by Gasteiger charge is -2.38. The second kappa shape index (κ2) is 48.4. The van der Waals surface area contributed by atoms with Crippen LogP contribution in [0.1, 0.15) is 106 Å². The number of hydrogen-bond donors (Lipinski definition) is 17. The standard InChI is InChI=1S/C91H113F2N17O23S/c1-7-8-23-68-90(132)110-45-56(113)39-71(110)86(128)102-64(41-77(119)120)83(125)105-78(48(2)3)91(133)107(5)69(35-49-17-11-9-12-18-49)84(126)103-66(40-73(94)114)88(130)109-44-55(112)38-70(109)85(127)101-63(37-53-42-96-60-22-16-15-21-57(53)60)82(124)100-62(33-51-24-27-54(111)28-25-51)81(123)99-61(30-31-76(117)118)80(122)104-67(79(121)97-43-74(95)115)46-134-47-75(116)98-65(34-52-26-29-58(92)59(93)32-52)87(129)108(6)72(89(131)106(68)4)36-50-19-13-10-14-20-50/h9-22,24-29,32,42,48,55-56,61-72,78,96,111-113H,7-8,23,30-31,33-41,43-47H2,1-6H3,(H2,94,114)(H2,95,115)(H,97,121)(H,98,116)(H,99,123)(H,100,124)(H,101,127)(H,102,128)(H,103,126)(H,104,122)(H,105,125)(H,117,118)(H,119,120)/t55-,56-,61-,62+,63+,64+,65-,66+,67+,68+,69-,70-,71-,72+,78+/m1/s1. The number of carbonyl (C=O) groups excluding carboxylic acids is 16. The molecule has 0 saturated carbocycles. The van der Waals surface area contributed by atoms with Crippen molar-refractivity contribution in [1.29, 1.82) is 0 Å². The van der Waals surface area contributed by atoms with Crippen molar-refractivity contribution in [3.8, 4) is 5.75 Å². The Labute approximate surface area is 773 Å². The Kier molecular flexibility index (Phi) is 37.5. The number of nitrogens with two attached hydrogens (primary N) is 2. The zero-order valence-corrected chi connectivity index (χ0v) is 75.3. The molecule has 3 aliphatic rings. The minimum atomic E-state index is -2.07. The number of aromatic hydroxyl groups is 1. The molecule has 16 amide bonds. The van der Waals surface area contributed by atoms with Gasteiger partial charge in [-0.3, -0.25) is 86.3 Å². The van der Waals surface area contributed by atoms with Crippen LogP contribution in [0.15, 0.2) is 134 Å². The third-order valence-corrected chi connectivity index (χ3v) is 24.4. The molecule has 0 radical (unpaired) electrons. The highest BCUT2D eigenvalue weighted by Gasteiger charge is 2.48. The molecule has 19 N–H and O–H groups in total. The monoisotopic (exact) mass is 1880 g/mol. The van der Waals surface area contributed by atoms with Gasteiger partial charge in [0.05, 0.1) is 37.3 Å². The fraction of sp³-hybridized carbons (Fsp3) is 0.451. The second-order valence-electron chi connectivity index (χ2n) is 33.7. The number of benzene rings is 5. The minimum Gasteiger partial charge on any atom is -0.508 e. The molecule has 0 unspecified atom stereocenters. The Morgan fingerprint density at radius 3 is 1.59 bits per heavy atom. The van der Waals surface area contributed by atoms with E-state index in [1.165, 1.54) is 58.4 Å². The maximum absolute atomic E-state index is 15.7. The summed E-state index contributed by atoms with van der Waals surface area (Å²) in [6, 6.07) is 7.40. The van der Waals surface area contributed by atoms with Crippen LogP contribution in [0.25, 0.3) is 10.9 Å². The number of halogens is 2. The zero-order chi connectivity index (χ0) is 98.1. The van der Waals surface area contributed by atoms with Crippen molar-refractivity contribution in [2.75, 3.05) is 52.3 Å². The first kappa shape index (κ1) is 104. The lowest BCUT2D eigenvalue weighted by Crippen LogP contribution is -2.62. The number of carboxylic acids is 2.